The molecule has 4 rings (SSSR count). The Balaban J connectivity index is 1.80. The lowest BCUT2D eigenvalue weighted by Gasteiger charge is -2.10. The van der Waals surface area contributed by atoms with Crippen LogP contribution in [0.4, 0.5) is 5.82 Å². The first-order valence-electron chi connectivity index (χ1n) is 7.89. The topological polar surface area (TPSA) is 89.3 Å². The summed E-state index contributed by atoms with van der Waals surface area (Å²) < 4.78 is 1.20. The minimum atomic E-state index is 0.300. The molecule has 0 fully saturated rings. The molecule has 2 heterocycles. The molecular weight excluding hydrogens is 330 g/mol. The number of hydrazone groups is 1. The maximum absolute atomic E-state index is 5.83. The van der Waals surface area contributed by atoms with E-state index in [9.17, 15) is 0 Å². The van der Waals surface area contributed by atoms with Crippen molar-refractivity contribution in [1.29, 1.82) is 0 Å². The average Bonchev–Trinajstić information content (AvgIpc) is 3.16. The van der Waals surface area contributed by atoms with Crippen molar-refractivity contribution in [3.63, 3.8) is 0 Å². The molecule has 0 saturated heterocycles. The van der Waals surface area contributed by atoms with Gasteiger partial charge in [0.05, 0.1) is 5.52 Å². The number of fused-ring (bicyclic) bond motifs is 3. The summed E-state index contributed by atoms with van der Waals surface area (Å²) in [4.78, 5) is 4.81. The molecule has 0 aliphatic heterocycles. The van der Waals surface area contributed by atoms with Crippen molar-refractivity contribution in [3.8, 4) is 0 Å². The zero-order valence-electron chi connectivity index (χ0n) is 13.4. The molecule has 124 valence electrons. The summed E-state index contributed by atoms with van der Waals surface area (Å²) in [6.07, 6.45) is 0. The highest BCUT2D eigenvalue weighted by Crippen LogP contribution is 2.34. The Morgan fingerprint density at radius 2 is 1.92 bits per heavy atom. The Morgan fingerprint density at radius 1 is 1.08 bits per heavy atom. The number of nitrogens with two attached hydrogens (primary N) is 2. The standard InChI is InChI=1S/C19H17N5S/c20-18(24-21)13-6-7-14-16(10-13)23-19(15-8-9-25-17(14)15)22-11-12-4-2-1-3-5-12/h1-10H,11,21H2,(H2,20,24)(H,22,23). The van der Waals surface area contributed by atoms with Crippen LogP contribution in [0.25, 0.3) is 21.0 Å². The predicted molar refractivity (Wildman–Crippen MR) is 106 cm³/mol. The fourth-order valence-corrected chi connectivity index (χ4v) is 3.78. The summed E-state index contributed by atoms with van der Waals surface area (Å²) in [5.41, 5.74) is 8.68. The lowest BCUT2D eigenvalue weighted by Crippen LogP contribution is -2.15. The van der Waals surface area contributed by atoms with Crippen molar-refractivity contribution in [1.82, 2.24) is 4.98 Å². The molecule has 0 spiro atoms. The number of aromatic nitrogens is 1. The molecule has 0 bridgehead atoms. The molecule has 0 unspecified atom stereocenters. The van der Waals surface area contributed by atoms with Gasteiger partial charge in [-0.1, -0.05) is 42.5 Å². The molecule has 0 saturated carbocycles. The van der Waals surface area contributed by atoms with E-state index in [0.29, 0.717) is 5.84 Å². The largest absolute Gasteiger partial charge is 0.382 e. The highest BCUT2D eigenvalue weighted by Gasteiger charge is 2.11. The van der Waals surface area contributed by atoms with Gasteiger partial charge in [0.1, 0.15) is 11.7 Å². The van der Waals surface area contributed by atoms with Gasteiger partial charge in [0.15, 0.2) is 0 Å². The van der Waals surface area contributed by atoms with Gasteiger partial charge in [0.2, 0.25) is 0 Å². The van der Waals surface area contributed by atoms with Gasteiger partial charge in [-0.3, -0.25) is 0 Å². The minimum Gasteiger partial charge on any atom is -0.382 e. The number of thiophene rings is 1. The van der Waals surface area contributed by atoms with Gasteiger partial charge in [-0.05, 0) is 23.1 Å². The number of rotatable bonds is 4. The van der Waals surface area contributed by atoms with Crippen LogP contribution >= 0.6 is 11.3 Å². The summed E-state index contributed by atoms with van der Waals surface area (Å²) in [5.74, 6) is 6.46. The molecule has 6 heteroatoms. The molecule has 0 aliphatic carbocycles. The van der Waals surface area contributed by atoms with E-state index in [0.717, 1.165) is 34.2 Å². The molecule has 5 nitrogen and oxygen atoms in total. The second-order valence-electron chi connectivity index (χ2n) is 5.71. The van der Waals surface area contributed by atoms with Crippen LogP contribution in [0, 0.1) is 0 Å². The molecule has 0 aliphatic rings. The van der Waals surface area contributed by atoms with Crippen LogP contribution in [0.2, 0.25) is 0 Å². The van der Waals surface area contributed by atoms with Gasteiger partial charge >= 0.3 is 0 Å². The first kappa shape index (κ1) is 15.4. The SMILES string of the molecule is N/N=C(\N)c1ccc2c(c1)nc(NCc1ccccc1)c1ccsc12. The van der Waals surface area contributed by atoms with Crippen LogP contribution in [-0.2, 0) is 6.54 Å². The van der Waals surface area contributed by atoms with Crippen molar-refractivity contribution in [2.24, 2.45) is 16.7 Å². The van der Waals surface area contributed by atoms with Gasteiger partial charge in [0.25, 0.3) is 0 Å². The zero-order valence-corrected chi connectivity index (χ0v) is 14.3. The Labute approximate surface area is 149 Å². The Hall–Kier alpha value is -3.12. The lowest BCUT2D eigenvalue weighted by molar-refractivity contribution is 1.13. The number of hydrogen-bond donors (Lipinski definition) is 3. The minimum absolute atomic E-state index is 0.300. The molecule has 4 aromatic rings. The Kier molecular flexibility index (Phi) is 3.95. The normalized spacial score (nSPS) is 11.9. The van der Waals surface area contributed by atoms with Gasteiger partial charge < -0.3 is 16.9 Å². The van der Waals surface area contributed by atoms with E-state index in [4.69, 9.17) is 16.6 Å². The van der Waals surface area contributed by atoms with E-state index in [2.05, 4.69) is 34.0 Å². The van der Waals surface area contributed by atoms with E-state index < -0.39 is 0 Å². The van der Waals surface area contributed by atoms with E-state index in [-0.39, 0.29) is 0 Å². The number of amidine groups is 1. The van der Waals surface area contributed by atoms with Crippen LogP contribution < -0.4 is 16.9 Å². The molecule has 0 radical (unpaired) electrons. The summed E-state index contributed by atoms with van der Waals surface area (Å²) in [7, 11) is 0. The first-order valence-corrected chi connectivity index (χ1v) is 8.77. The van der Waals surface area contributed by atoms with Crippen molar-refractivity contribution in [3.05, 3.63) is 71.1 Å². The van der Waals surface area contributed by atoms with E-state index in [1.165, 1.54) is 10.3 Å². The number of pyridine rings is 1. The van der Waals surface area contributed by atoms with Gasteiger partial charge in [-0.15, -0.1) is 11.3 Å². The number of benzene rings is 2. The zero-order chi connectivity index (χ0) is 17.2. The van der Waals surface area contributed by atoms with Crippen LogP contribution in [0.15, 0.2) is 65.1 Å². The second kappa shape index (κ2) is 6.41. The highest BCUT2D eigenvalue weighted by atomic mass is 32.1. The number of hydrogen-bond acceptors (Lipinski definition) is 5. The van der Waals surface area contributed by atoms with Gasteiger partial charge in [0, 0.05) is 27.6 Å². The second-order valence-corrected chi connectivity index (χ2v) is 6.63. The summed E-state index contributed by atoms with van der Waals surface area (Å²) >= 11 is 1.71. The average molecular weight is 347 g/mol. The van der Waals surface area contributed by atoms with Crippen molar-refractivity contribution in [2.75, 3.05) is 5.32 Å². The first-order chi connectivity index (χ1) is 12.3. The Bertz CT molecular complexity index is 1070. The molecule has 2 aromatic heterocycles. The number of anilines is 1. The van der Waals surface area contributed by atoms with Crippen molar-refractivity contribution in [2.45, 2.75) is 6.54 Å². The molecular formula is C19H17N5S. The smallest absolute Gasteiger partial charge is 0.150 e. The molecule has 25 heavy (non-hydrogen) atoms. The van der Waals surface area contributed by atoms with Crippen LogP contribution in [0.3, 0.4) is 0 Å². The van der Waals surface area contributed by atoms with Crippen LogP contribution in [-0.4, -0.2) is 10.8 Å². The maximum Gasteiger partial charge on any atom is 0.150 e. The Morgan fingerprint density at radius 3 is 2.72 bits per heavy atom. The molecule has 5 N–H and O–H groups in total. The van der Waals surface area contributed by atoms with Crippen molar-refractivity contribution < 1.29 is 0 Å². The monoisotopic (exact) mass is 347 g/mol. The lowest BCUT2D eigenvalue weighted by atomic mass is 10.1. The molecule has 0 amide bonds. The molecule has 2 aromatic carbocycles. The van der Waals surface area contributed by atoms with Crippen LogP contribution in [0.1, 0.15) is 11.1 Å². The van der Waals surface area contributed by atoms with Gasteiger partial charge in [-0.25, -0.2) is 4.98 Å². The summed E-state index contributed by atoms with van der Waals surface area (Å²) in [6.45, 7) is 0.719. The number of nitrogens with zero attached hydrogens (tertiary/aromatic N) is 2. The summed E-state index contributed by atoms with van der Waals surface area (Å²) in [6, 6.07) is 18.2. The molecule has 0 atom stereocenters. The van der Waals surface area contributed by atoms with Crippen LogP contribution in [0.5, 0.6) is 0 Å². The van der Waals surface area contributed by atoms with E-state index >= 15 is 0 Å². The maximum atomic E-state index is 5.83. The van der Waals surface area contributed by atoms with E-state index in [1.807, 2.05) is 36.4 Å². The van der Waals surface area contributed by atoms with E-state index in [1.54, 1.807) is 11.3 Å². The van der Waals surface area contributed by atoms with Gasteiger partial charge in [-0.2, -0.15) is 5.10 Å². The quantitative estimate of drug-likeness (QED) is 0.227. The summed E-state index contributed by atoms with van der Waals surface area (Å²) in [5, 5.41) is 11.3. The fraction of sp³-hybridized carbons (Fsp3) is 0.0526. The highest BCUT2D eigenvalue weighted by molar-refractivity contribution is 7.18. The van der Waals surface area contributed by atoms with Crippen molar-refractivity contribution >= 4 is 44.0 Å². The fourth-order valence-electron chi connectivity index (χ4n) is 2.85. The predicted octanol–water partition coefficient (Wildman–Crippen LogP) is 3.64. The third-order valence-electron chi connectivity index (χ3n) is 4.13. The number of nitrogens with one attached hydrogen (secondary N) is 1. The third kappa shape index (κ3) is 2.88. The third-order valence-corrected chi connectivity index (χ3v) is 5.08.